The summed E-state index contributed by atoms with van der Waals surface area (Å²) in [7, 11) is 5.62. The Morgan fingerprint density at radius 1 is 1.24 bits per heavy atom. The maximum absolute atomic E-state index is 5.67. The monoisotopic (exact) mass is 228 g/mol. The molecule has 0 spiro atoms. The summed E-state index contributed by atoms with van der Waals surface area (Å²) in [5.41, 5.74) is 5.72. The SMILES string of the molecule is [B]CCc1ccc(CC2CN(N)C2)c(C)c1C. The van der Waals surface area contributed by atoms with Crippen LogP contribution in [0.5, 0.6) is 0 Å². The summed E-state index contributed by atoms with van der Waals surface area (Å²) in [4.78, 5) is 0. The highest BCUT2D eigenvalue weighted by atomic mass is 15.4. The lowest BCUT2D eigenvalue weighted by atomic mass is 9.86. The smallest absolute Gasteiger partial charge is 0.0657 e. The van der Waals surface area contributed by atoms with E-state index in [0.717, 1.165) is 38.2 Å². The van der Waals surface area contributed by atoms with Gasteiger partial charge in [0.2, 0.25) is 0 Å². The van der Waals surface area contributed by atoms with Gasteiger partial charge in [-0.1, -0.05) is 18.5 Å². The van der Waals surface area contributed by atoms with Gasteiger partial charge in [-0.15, -0.1) is 0 Å². The van der Waals surface area contributed by atoms with E-state index >= 15 is 0 Å². The molecule has 2 rings (SSSR count). The zero-order valence-electron chi connectivity index (χ0n) is 10.9. The van der Waals surface area contributed by atoms with Gasteiger partial charge < -0.3 is 0 Å². The Morgan fingerprint density at radius 2 is 1.82 bits per heavy atom. The Hall–Kier alpha value is -0.795. The molecule has 2 N–H and O–H groups in total. The maximum atomic E-state index is 5.67. The number of hydrazine groups is 1. The molecule has 1 aliphatic rings. The topological polar surface area (TPSA) is 29.3 Å². The molecular weight excluding hydrogens is 207 g/mol. The van der Waals surface area contributed by atoms with Gasteiger partial charge in [-0.05, 0) is 54.9 Å². The minimum atomic E-state index is 0.727. The Morgan fingerprint density at radius 3 is 2.41 bits per heavy atom. The summed E-state index contributed by atoms with van der Waals surface area (Å²) in [6.45, 7) is 6.50. The van der Waals surface area contributed by atoms with Crippen molar-refractivity contribution >= 4 is 7.85 Å². The third-order valence-electron chi connectivity index (χ3n) is 3.92. The van der Waals surface area contributed by atoms with Crippen molar-refractivity contribution in [3.05, 3.63) is 34.4 Å². The lowest BCUT2D eigenvalue weighted by molar-refractivity contribution is 0.102. The third-order valence-corrected chi connectivity index (χ3v) is 3.92. The number of nitrogens with two attached hydrogens (primary N) is 1. The fourth-order valence-corrected chi connectivity index (χ4v) is 2.63. The molecule has 2 nitrogen and oxygen atoms in total. The average Bonchev–Trinajstić information content (AvgIpc) is 2.26. The fourth-order valence-electron chi connectivity index (χ4n) is 2.63. The van der Waals surface area contributed by atoms with Gasteiger partial charge in [0.25, 0.3) is 0 Å². The number of nitrogens with zero attached hydrogens (tertiary/aromatic N) is 1. The summed E-state index contributed by atoms with van der Waals surface area (Å²) < 4.78 is 0. The highest BCUT2D eigenvalue weighted by Gasteiger charge is 2.24. The lowest BCUT2D eigenvalue weighted by Gasteiger charge is -2.36. The number of benzene rings is 1. The van der Waals surface area contributed by atoms with Crippen molar-refractivity contribution in [3.63, 3.8) is 0 Å². The van der Waals surface area contributed by atoms with E-state index in [1.807, 2.05) is 5.01 Å². The van der Waals surface area contributed by atoms with E-state index < -0.39 is 0 Å². The summed E-state index contributed by atoms with van der Waals surface area (Å²) >= 11 is 0. The molecule has 1 saturated heterocycles. The van der Waals surface area contributed by atoms with Crippen LogP contribution in [0.1, 0.15) is 22.3 Å². The van der Waals surface area contributed by atoms with E-state index in [9.17, 15) is 0 Å². The first-order valence-corrected chi connectivity index (χ1v) is 6.39. The molecule has 0 aromatic heterocycles. The van der Waals surface area contributed by atoms with E-state index in [-0.39, 0.29) is 0 Å². The first-order chi connectivity index (χ1) is 8.11. The Balaban J connectivity index is 2.10. The summed E-state index contributed by atoms with van der Waals surface area (Å²) in [6, 6.07) is 4.51. The van der Waals surface area contributed by atoms with Crippen molar-refractivity contribution in [3.8, 4) is 0 Å². The summed E-state index contributed by atoms with van der Waals surface area (Å²) in [5, 5.41) is 1.88. The molecule has 17 heavy (non-hydrogen) atoms. The van der Waals surface area contributed by atoms with Gasteiger partial charge >= 0.3 is 0 Å². The van der Waals surface area contributed by atoms with Gasteiger partial charge in [0.1, 0.15) is 0 Å². The molecule has 1 fully saturated rings. The molecular formula is C14H21BN2. The first-order valence-electron chi connectivity index (χ1n) is 6.39. The normalized spacial score (nSPS) is 17.1. The zero-order chi connectivity index (χ0) is 12.4. The van der Waals surface area contributed by atoms with Crippen LogP contribution in [0.15, 0.2) is 12.1 Å². The lowest BCUT2D eigenvalue weighted by Crippen LogP contribution is -2.51. The second-order valence-corrected chi connectivity index (χ2v) is 5.20. The largest absolute Gasteiger partial charge is 0.269 e. The van der Waals surface area contributed by atoms with Crippen molar-refractivity contribution in [2.45, 2.75) is 33.0 Å². The standard InChI is InChI=1S/C14H21BN2/c1-10-11(2)14(4-3-13(10)5-6-15)7-12-8-17(16)9-12/h3-4,12H,5-9,16H2,1-2H3. The molecule has 0 saturated carbocycles. The molecule has 1 aliphatic heterocycles. The van der Waals surface area contributed by atoms with Gasteiger partial charge in [-0.2, -0.15) is 0 Å². The van der Waals surface area contributed by atoms with E-state index in [1.165, 1.54) is 22.3 Å². The van der Waals surface area contributed by atoms with Gasteiger partial charge in [0, 0.05) is 13.1 Å². The quantitative estimate of drug-likeness (QED) is 0.628. The first kappa shape index (κ1) is 12.7. The van der Waals surface area contributed by atoms with Gasteiger partial charge in [0.15, 0.2) is 0 Å². The zero-order valence-corrected chi connectivity index (χ0v) is 10.9. The molecule has 0 amide bonds. The molecule has 90 valence electrons. The summed E-state index contributed by atoms with van der Waals surface area (Å²) in [6.07, 6.45) is 2.86. The molecule has 0 unspecified atom stereocenters. The van der Waals surface area contributed by atoms with E-state index in [4.69, 9.17) is 13.7 Å². The van der Waals surface area contributed by atoms with Crippen LogP contribution in [0, 0.1) is 19.8 Å². The van der Waals surface area contributed by atoms with Crippen LogP contribution in [-0.4, -0.2) is 25.9 Å². The third kappa shape index (κ3) is 2.72. The molecule has 1 heterocycles. The van der Waals surface area contributed by atoms with Crippen molar-refractivity contribution < 1.29 is 0 Å². The minimum absolute atomic E-state index is 0.727. The van der Waals surface area contributed by atoms with E-state index in [1.54, 1.807) is 0 Å². The number of aryl methyl sites for hydroxylation is 1. The number of hydrogen-bond donors (Lipinski definition) is 1. The van der Waals surface area contributed by atoms with Gasteiger partial charge in [-0.3, -0.25) is 5.84 Å². The van der Waals surface area contributed by atoms with Gasteiger partial charge in [0.05, 0.1) is 7.85 Å². The van der Waals surface area contributed by atoms with Crippen LogP contribution in [0.25, 0.3) is 0 Å². The Kier molecular flexibility index (Phi) is 3.90. The molecule has 2 radical (unpaired) electrons. The number of hydrogen-bond acceptors (Lipinski definition) is 2. The van der Waals surface area contributed by atoms with E-state index in [2.05, 4.69) is 26.0 Å². The fraction of sp³-hybridized carbons (Fsp3) is 0.571. The second-order valence-electron chi connectivity index (χ2n) is 5.20. The van der Waals surface area contributed by atoms with Crippen LogP contribution in [0.3, 0.4) is 0 Å². The Bertz CT molecular complexity index is 397. The Labute approximate surface area is 106 Å². The highest BCUT2D eigenvalue weighted by molar-refractivity contribution is 6.08. The molecule has 1 aromatic carbocycles. The van der Waals surface area contributed by atoms with Crippen molar-refractivity contribution in [1.82, 2.24) is 5.01 Å². The van der Waals surface area contributed by atoms with E-state index in [0.29, 0.717) is 0 Å². The van der Waals surface area contributed by atoms with Crippen molar-refractivity contribution in [2.24, 2.45) is 11.8 Å². The average molecular weight is 228 g/mol. The summed E-state index contributed by atoms with van der Waals surface area (Å²) in [5.74, 6) is 6.41. The number of rotatable bonds is 4. The molecule has 0 bridgehead atoms. The predicted octanol–water partition coefficient (Wildman–Crippen LogP) is 1.78. The van der Waals surface area contributed by atoms with Crippen molar-refractivity contribution in [1.29, 1.82) is 0 Å². The van der Waals surface area contributed by atoms with Crippen LogP contribution in [-0.2, 0) is 12.8 Å². The highest BCUT2D eigenvalue weighted by Crippen LogP contribution is 2.24. The van der Waals surface area contributed by atoms with Crippen LogP contribution < -0.4 is 5.84 Å². The minimum Gasteiger partial charge on any atom is -0.269 e. The molecule has 0 aliphatic carbocycles. The molecule has 1 aromatic rings. The van der Waals surface area contributed by atoms with Crippen molar-refractivity contribution in [2.75, 3.05) is 13.1 Å². The predicted molar refractivity (Wildman–Crippen MR) is 73.1 cm³/mol. The molecule has 0 atom stereocenters. The van der Waals surface area contributed by atoms with Crippen LogP contribution in [0.4, 0.5) is 0 Å². The van der Waals surface area contributed by atoms with Crippen LogP contribution >= 0.6 is 0 Å². The van der Waals surface area contributed by atoms with Gasteiger partial charge in [-0.25, -0.2) is 5.01 Å². The maximum Gasteiger partial charge on any atom is 0.0657 e. The molecule has 3 heteroatoms. The van der Waals surface area contributed by atoms with Crippen LogP contribution in [0.2, 0.25) is 6.32 Å². The second kappa shape index (κ2) is 5.24.